The zero-order valence-electron chi connectivity index (χ0n) is 11.9. The van der Waals surface area contributed by atoms with E-state index in [0.717, 1.165) is 30.6 Å². The fourth-order valence-corrected chi connectivity index (χ4v) is 4.24. The molecule has 0 saturated heterocycles. The first-order valence-corrected chi connectivity index (χ1v) is 7.68. The third-order valence-corrected chi connectivity index (χ3v) is 5.25. The summed E-state index contributed by atoms with van der Waals surface area (Å²) in [6, 6.07) is 0.463. The van der Waals surface area contributed by atoms with E-state index in [-0.39, 0.29) is 0 Å². The Kier molecular flexibility index (Phi) is 3.89. The van der Waals surface area contributed by atoms with Gasteiger partial charge in [0.25, 0.3) is 0 Å². The first kappa shape index (κ1) is 13.1. The van der Waals surface area contributed by atoms with E-state index in [1.54, 1.807) is 0 Å². The Hall–Kier alpha value is -0.870. The first-order chi connectivity index (χ1) is 9.24. The van der Waals surface area contributed by atoms with E-state index >= 15 is 0 Å². The molecule has 2 aliphatic rings. The van der Waals surface area contributed by atoms with Crippen LogP contribution >= 0.6 is 0 Å². The zero-order valence-corrected chi connectivity index (χ0v) is 11.9. The highest BCUT2D eigenvalue weighted by Gasteiger charge is 2.39. The van der Waals surface area contributed by atoms with E-state index in [2.05, 4.69) is 16.7 Å². The molecule has 4 atom stereocenters. The van der Waals surface area contributed by atoms with Crippen LogP contribution in [0.5, 0.6) is 0 Å². The van der Waals surface area contributed by atoms with Crippen molar-refractivity contribution in [2.45, 2.75) is 51.0 Å². The minimum absolute atomic E-state index is 0.463. The number of rotatable bonds is 6. The van der Waals surface area contributed by atoms with Crippen LogP contribution in [0.25, 0.3) is 0 Å². The van der Waals surface area contributed by atoms with E-state index in [1.165, 1.54) is 37.7 Å². The third-order valence-electron chi connectivity index (χ3n) is 5.25. The Morgan fingerprint density at radius 2 is 2.37 bits per heavy atom. The maximum absolute atomic E-state index is 5.75. The summed E-state index contributed by atoms with van der Waals surface area (Å²) < 4.78 is 1.87. The summed E-state index contributed by atoms with van der Waals surface area (Å²) in [5.41, 5.74) is 4.35. The molecule has 2 fully saturated rings. The Labute approximate surface area is 115 Å². The second kappa shape index (κ2) is 5.63. The van der Waals surface area contributed by atoms with Gasteiger partial charge in [0.15, 0.2) is 0 Å². The summed E-state index contributed by atoms with van der Waals surface area (Å²) >= 11 is 0. The number of aromatic nitrogens is 2. The van der Waals surface area contributed by atoms with Gasteiger partial charge in [-0.15, -0.1) is 0 Å². The van der Waals surface area contributed by atoms with Crippen LogP contribution in [0.1, 0.15) is 44.1 Å². The zero-order chi connectivity index (χ0) is 13.2. The average molecular weight is 262 g/mol. The van der Waals surface area contributed by atoms with Gasteiger partial charge in [-0.25, -0.2) is 0 Å². The molecule has 4 unspecified atom stereocenters. The molecule has 4 nitrogen and oxygen atoms in total. The summed E-state index contributed by atoms with van der Waals surface area (Å²) in [7, 11) is 1.97. The smallest absolute Gasteiger partial charge is 0.0521 e. The molecule has 0 radical (unpaired) electrons. The van der Waals surface area contributed by atoms with Gasteiger partial charge in [-0.3, -0.25) is 16.0 Å². The van der Waals surface area contributed by atoms with Gasteiger partial charge in [-0.05, 0) is 61.8 Å². The van der Waals surface area contributed by atoms with Crippen LogP contribution in [-0.4, -0.2) is 15.8 Å². The number of aryl methyl sites for hydroxylation is 2. The Morgan fingerprint density at radius 1 is 1.47 bits per heavy atom. The highest BCUT2D eigenvalue weighted by Crippen LogP contribution is 2.49. The van der Waals surface area contributed by atoms with Crippen molar-refractivity contribution in [2.24, 2.45) is 30.6 Å². The standard InChI is InChI=1S/C15H26N4/c1-19-10-12(9-17-19)3-5-15(18-16)8-14-7-11-2-4-13(14)6-11/h9-11,13-15,18H,2-8,16H2,1H3. The molecule has 4 heteroatoms. The quantitative estimate of drug-likeness (QED) is 0.609. The molecule has 0 spiro atoms. The summed E-state index contributed by atoms with van der Waals surface area (Å²) in [4.78, 5) is 0. The molecule has 2 aliphatic carbocycles. The van der Waals surface area contributed by atoms with Crippen LogP contribution in [0.15, 0.2) is 12.4 Å². The molecule has 3 N–H and O–H groups in total. The lowest BCUT2D eigenvalue weighted by Crippen LogP contribution is -2.37. The van der Waals surface area contributed by atoms with E-state index in [9.17, 15) is 0 Å². The number of hydrogen-bond acceptors (Lipinski definition) is 3. The molecule has 19 heavy (non-hydrogen) atoms. The molecule has 2 saturated carbocycles. The summed E-state index contributed by atoms with van der Waals surface area (Å²) in [6.45, 7) is 0. The van der Waals surface area contributed by atoms with Crippen LogP contribution in [0.4, 0.5) is 0 Å². The fraction of sp³-hybridized carbons (Fsp3) is 0.800. The maximum Gasteiger partial charge on any atom is 0.0521 e. The molecule has 1 heterocycles. The Bertz CT molecular complexity index is 414. The number of fused-ring (bicyclic) bond motifs is 2. The van der Waals surface area contributed by atoms with E-state index in [4.69, 9.17) is 5.84 Å². The van der Waals surface area contributed by atoms with Crippen molar-refractivity contribution in [3.63, 3.8) is 0 Å². The number of nitrogens with zero attached hydrogens (tertiary/aromatic N) is 2. The summed E-state index contributed by atoms with van der Waals surface area (Å²) in [6.07, 6.45) is 13.4. The van der Waals surface area contributed by atoms with Crippen LogP contribution in [0, 0.1) is 17.8 Å². The van der Waals surface area contributed by atoms with Gasteiger partial charge in [0.05, 0.1) is 6.20 Å². The van der Waals surface area contributed by atoms with Crippen molar-refractivity contribution < 1.29 is 0 Å². The summed E-state index contributed by atoms with van der Waals surface area (Å²) in [5, 5.41) is 4.22. The lowest BCUT2D eigenvalue weighted by molar-refractivity contribution is 0.272. The molecule has 0 amide bonds. The molecule has 2 bridgehead atoms. The number of hydrogen-bond donors (Lipinski definition) is 2. The minimum atomic E-state index is 0.463. The van der Waals surface area contributed by atoms with Gasteiger partial charge in [-0.2, -0.15) is 5.10 Å². The second-order valence-corrected chi connectivity index (χ2v) is 6.60. The lowest BCUT2D eigenvalue weighted by atomic mass is 9.83. The predicted octanol–water partition coefficient (Wildman–Crippen LogP) is 2.01. The monoisotopic (exact) mass is 262 g/mol. The van der Waals surface area contributed by atoms with Crippen molar-refractivity contribution in [1.29, 1.82) is 0 Å². The van der Waals surface area contributed by atoms with Gasteiger partial charge >= 0.3 is 0 Å². The Morgan fingerprint density at radius 3 is 2.95 bits per heavy atom. The number of nitrogens with one attached hydrogen (secondary N) is 1. The SMILES string of the molecule is Cn1cc(CCC(CC2CC3CCC2C3)NN)cn1. The molecule has 1 aromatic heterocycles. The van der Waals surface area contributed by atoms with Crippen molar-refractivity contribution in [2.75, 3.05) is 0 Å². The molecule has 0 aromatic carbocycles. The molecule has 106 valence electrons. The van der Waals surface area contributed by atoms with Crippen LogP contribution in [0.2, 0.25) is 0 Å². The van der Waals surface area contributed by atoms with Crippen molar-refractivity contribution >= 4 is 0 Å². The van der Waals surface area contributed by atoms with E-state index < -0.39 is 0 Å². The van der Waals surface area contributed by atoms with E-state index in [1.807, 2.05) is 17.9 Å². The van der Waals surface area contributed by atoms with Crippen molar-refractivity contribution in [3.05, 3.63) is 18.0 Å². The molecule has 0 aliphatic heterocycles. The van der Waals surface area contributed by atoms with Gasteiger partial charge in [0.2, 0.25) is 0 Å². The van der Waals surface area contributed by atoms with Gasteiger partial charge in [-0.1, -0.05) is 6.42 Å². The van der Waals surface area contributed by atoms with Crippen molar-refractivity contribution in [3.8, 4) is 0 Å². The predicted molar refractivity (Wildman–Crippen MR) is 76.2 cm³/mol. The van der Waals surface area contributed by atoms with Crippen LogP contribution in [-0.2, 0) is 13.5 Å². The van der Waals surface area contributed by atoms with E-state index in [0.29, 0.717) is 6.04 Å². The lowest BCUT2D eigenvalue weighted by Gasteiger charge is -2.26. The maximum atomic E-state index is 5.75. The minimum Gasteiger partial charge on any atom is -0.276 e. The Balaban J connectivity index is 1.48. The molecular weight excluding hydrogens is 236 g/mol. The van der Waals surface area contributed by atoms with Gasteiger partial charge in [0.1, 0.15) is 0 Å². The van der Waals surface area contributed by atoms with Gasteiger partial charge in [0, 0.05) is 19.3 Å². The van der Waals surface area contributed by atoms with Crippen LogP contribution < -0.4 is 11.3 Å². The highest BCUT2D eigenvalue weighted by atomic mass is 15.2. The molecule has 3 rings (SSSR count). The number of hydrazine groups is 1. The highest BCUT2D eigenvalue weighted by molar-refractivity contribution is 5.04. The van der Waals surface area contributed by atoms with Crippen molar-refractivity contribution in [1.82, 2.24) is 15.2 Å². The molecule has 1 aromatic rings. The van der Waals surface area contributed by atoms with Crippen LogP contribution in [0.3, 0.4) is 0 Å². The third kappa shape index (κ3) is 3.00. The average Bonchev–Trinajstić information content (AvgIpc) is 3.11. The first-order valence-electron chi connectivity index (χ1n) is 7.68. The number of nitrogens with two attached hydrogens (primary N) is 1. The largest absolute Gasteiger partial charge is 0.276 e. The second-order valence-electron chi connectivity index (χ2n) is 6.60. The molecular formula is C15H26N4. The fourth-order valence-electron chi connectivity index (χ4n) is 4.24. The normalized spacial score (nSPS) is 30.9. The van der Waals surface area contributed by atoms with Gasteiger partial charge < -0.3 is 0 Å². The summed E-state index contributed by atoms with van der Waals surface area (Å²) in [5.74, 6) is 8.71. The topological polar surface area (TPSA) is 55.9 Å².